The monoisotopic (exact) mass is 185 g/mol. The van der Waals surface area contributed by atoms with Crippen LogP contribution in [0.5, 0.6) is 0 Å². The van der Waals surface area contributed by atoms with E-state index in [9.17, 15) is 0 Å². The van der Waals surface area contributed by atoms with E-state index in [2.05, 4.69) is 27.7 Å². The highest BCUT2D eigenvalue weighted by Crippen LogP contribution is 1.70. The molecule has 0 aromatic carbocycles. The molecule has 0 amide bonds. The van der Waals surface area contributed by atoms with Gasteiger partial charge in [0.25, 0.3) is 0 Å². The van der Waals surface area contributed by atoms with Crippen LogP contribution in [-0.2, 0) is 0 Å². The molecule has 0 heterocycles. The molecule has 1 N–H and O–H groups in total. The van der Waals surface area contributed by atoms with Gasteiger partial charge in [0.2, 0.25) is 0 Å². The van der Waals surface area contributed by atoms with Crippen LogP contribution < -0.4 is 0 Å². The number of rotatable bonds is 1. The van der Waals surface area contributed by atoms with Crippen LogP contribution in [0.4, 0.5) is 0 Å². The third-order valence-electron chi connectivity index (χ3n) is 0.151. The minimum atomic E-state index is 0.772. The van der Waals surface area contributed by atoms with Crippen molar-refractivity contribution < 1.29 is 5.21 Å². The van der Waals surface area contributed by atoms with E-state index in [4.69, 9.17) is 5.21 Å². The first-order valence-electron chi connectivity index (χ1n) is 1.13. The molecule has 30 valence electrons. The van der Waals surface area contributed by atoms with Crippen LogP contribution >= 0.6 is 22.6 Å². The highest BCUT2D eigenvalue weighted by molar-refractivity contribution is 14.1. The Morgan fingerprint density at radius 1 is 2.00 bits per heavy atom. The first-order valence-corrected chi connectivity index (χ1v) is 2.66. The standard InChI is InChI=1S/C2H4INO/c3-1-2-4-5/h2,5H,1H2/b4-2+. The zero-order valence-electron chi connectivity index (χ0n) is 2.56. The maximum atomic E-state index is 7.63. The molecule has 0 radical (unpaired) electrons. The predicted molar refractivity (Wildman–Crippen MR) is 29.2 cm³/mol. The molecule has 0 unspecified atom stereocenters. The summed E-state index contributed by atoms with van der Waals surface area (Å²) in [6.45, 7) is 0. The second-order valence-corrected chi connectivity index (χ2v) is 1.33. The second-order valence-electron chi connectivity index (χ2n) is 0.452. The van der Waals surface area contributed by atoms with Crippen molar-refractivity contribution in [1.29, 1.82) is 0 Å². The van der Waals surface area contributed by atoms with Crippen LogP contribution in [-0.4, -0.2) is 15.8 Å². The molecule has 0 aliphatic heterocycles. The minimum Gasteiger partial charge on any atom is -0.411 e. The molecule has 0 fully saturated rings. The zero-order chi connectivity index (χ0) is 4.12. The van der Waals surface area contributed by atoms with Gasteiger partial charge in [-0.15, -0.1) is 5.16 Å². The van der Waals surface area contributed by atoms with Crippen molar-refractivity contribution in [3.8, 4) is 0 Å². The lowest BCUT2D eigenvalue weighted by atomic mass is 10.9. The highest BCUT2D eigenvalue weighted by atomic mass is 127. The Morgan fingerprint density at radius 3 is 2.60 bits per heavy atom. The summed E-state index contributed by atoms with van der Waals surface area (Å²) in [7, 11) is 0. The van der Waals surface area contributed by atoms with Gasteiger partial charge in [-0.05, 0) is 0 Å². The molecular weight excluding hydrogens is 181 g/mol. The summed E-state index contributed by atoms with van der Waals surface area (Å²) in [5, 5.41) is 10.4. The van der Waals surface area contributed by atoms with E-state index in [-0.39, 0.29) is 0 Å². The fourth-order valence-corrected chi connectivity index (χ4v) is 0.207. The number of hydrogen-bond acceptors (Lipinski definition) is 2. The van der Waals surface area contributed by atoms with Crippen LogP contribution in [0, 0.1) is 0 Å². The van der Waals surface area contributed by atoms with Gasteiger partial charge in [0.1, 0.15) is 0 Å². The van der Waals surface area contributed by atoms with Crippen LogP contribution in [0.3, 0.4) is 0 Å². The number of nitrogens with zero attached hydrogens (tertiary/aromatic N) is 1. The average molecular weight is 185 g/mol. The minimum absolute atomic E-state index is 0.772. The molecule has 0 saturated carbocycles. The largest absolute Gasteiger partial charge is 0.411 e. The fourth-order valence-electron chi connectivity index (χ4n) is 0.0309. The van der Waals surface area contributed by atoms with E-state index >= 15 is 0 Å². The van der Waals surface area contributed by atoms with Gasteiger partial charge >= 0.3 is 0 Å². The molecule has 0 aliphatic carbocycles. The molecule has 2 nitrogen and oxygen atoms in total. The van der Waals surface area contributed by atoms with Gasteiger partial charge in [-0.2, -0.15) is 0 Å². The summed E-state index contributed by atoms with van der Waals surface area (Å²) < 4.78 is 0.772. The van der Waals surface area contributed by atoms with Crippen molar-refractivity contribution >= 4 is 28.8 Å². The molecule has 0 spiro atoms. The molecular formula is C2H4INO. The summed E-state index contributed by atoms with van der Waals surface area (Å²) in [4.78, 5) is 0. The van der Waals surface area contributed by atoms with Crippen molar-refractivity contribution in [2.24, 2.45) is 5.16 Å². The van der Waals surface area contributed by atoms with E-state index in [0.717, 1.165) is 4.43 Å². The topological polar surface area (TPSA) is 32.6 Å². The maximum absolute atomic E-state index is 7.63. The SMILES string of the molecule is O/N=C/CI. The van der Waals surface area contributed by atoms with E-state index in [1.165, 1.54) is 6.21 Å². The lowest BCUT2D eigenvalue weighted by Gasteiger charge is -1.63. The van der Waals surface area contributed by atoms with Gasteiger partial charge in [-0.3, -0.25) is 0 Å². The summed E-state index contributed by atoms with van der Waals surface area (Å²) >= 11 is 2.08. The summed E-state index contributed by atoms with van der Waals surface area (Å²) in [6.07, 6.45) is 1.42. The lowest BCUT2D eigenvalue weighted by molar-refractivity contribution is 0.321. The highest BCUT2D eigenvalue weighted by Gasteiger charge is 1.57. The summed E-state index contributed by atoms with van der Waals surface area (Å²) in [6, 6.07) is 0. The normalized spacial score (nSPS) is 9.80. The van der Waals surface area contributed by atoms with Crippen molar-refractivity contribution in [1.82, 2.24) is 0 Å². The first kappa shape index (κ1) is 5.20. The van der Waals surface area contributed by atoms with Gasteiger partial charge in [0.15, 0.2) is 0 Å². The van der Waals surface area contributed by atoms with Gasteiger partial charge in [-0.1, -0.05) is 22.6 Å². The third-order valence-corrected chi connectivity index (χ3v) is 0.545. The van der Waals surface area contributed by atoms with Crippen LogP contribution in [0.25, 0.3) is 0 Å². The quantitative estimate of drug-likeness (QED) is 0.212. The molecule has 5 heavy (non-hydrogen) atoms. The van der Waals surface area contributed by atoms with Gasteiger partial charge in [0.05, 0.1) is 6.21 Å². The van der Waals surface area contributed by atoms with E-state index in [0.29, 0.717) is 0 Å². The molecule has 0 atom stereocenters. The molecule has 0 rings (SSSR count). The summed E-state index contributed by atoms with van der Waals surface area (Å²) in [5.74, 6) is 0. The van der Waals surface area contributed by atoms with Crippen LogP contribution in [0.2, 0.25) is 0 Å². The van der Waals surface area contributed by atoms with Crippen molar-refractivity contribution in [2.45, 2.75) is 0 Å². The Balaban J connectivity index is 2.62. The van der Waals surface area contributed by atoms with Crippen molar-refractivity contribution in [2.75, 3.05) is 4.43 Å². The van der Waals surface area contributed by atoms with Crippen molar-refractivity contribution in [3.05, 3.63) is 0 Å². The number of hydrogen-bond donors (Lipinski definition) is 1. The maximum Gasteiger partial charge on any atom is 0.0533 e. The van der Waals surface area contributed by atoms with Crippen molar-refractivity contribution in [3.63, 3.8) is 0 Å². The Hall–Kier alpha value is 0.200. The zero-order valence-corrected chi connectivity index (χ0v) is 4.71. The summed E-state index contributed by atoms with van der Waals surface area (Å²) in [5.41, 5.74) is 0. The van der Waals surface area contributed by atoms with E-state index < -0.39 is 0 Å². The molecule has 3 heteroatoms. The van der Waals surface area contributed by atoms with Gasteiger partial charge in [0, 0.05) is 4.43 Å². The smallest absolute Gasteiger partial charge is 0.0533 e. The molecule has 0 aliphatic rings. The Kier molecular flexibility index (Phi) is 4.37. The Morgan fingerprint density at radius 2 is 2.60 bits per heavy atom. The lowest BCUT2D eigenvalue weighted by Crippen LogP contribution is -1.66. The number of alkyl halides is 1. The Bertz CT molecular complexity index is 36.6. The molecule has 0 aromatic heterocycles. The average Bonchev–Trinajstić information content (AvgIpc) is 1.41. The van der Waals surface area contributed by atoms with Gasteiger partial charge < -0.3 is 5.21 Å². The Labute approximate surface area is 44.0 Å². The molecule has 0 aromatic rings. The second kappa shape index (κ2) is 4.20. The molecule has 0 saturated heterocycles. The number of oxime groups is 1. The third kappa shape index (κ3) is 4.20. The van der Waals surface area contributed by atoms with Crippen LogP contribution in [0.1, 0.15) is 0 Å². The predicted octanol–water partition coefficient (Wildman–Crippen LogP) is 0.881. The van der Waals surface area contributed by atoms with Crippen LogP contribution in [0.15, 0.2) is 5.16 Å². The molecule has 0 bridgehead atoms. The first-order chi connectivity index (χ1) is 2.41. The van der Waals surface area contributed by atoms with E-state index in [1.54, 1.807) is 0 Å². The fraction of sp³-hybridized carbons (Fsp3) is 0.500. The number of halogens is 1. The van der Waals surface area contributed by atoms with Gasteiger partial charge in [-0.25, -0.2) is 0 Å². The van der Waals surface area contributed by atoms with E-state index in [1.807, 2.05) is 0 Å².